The molecule has 0 amide bonds. The molecule has 0 aliphatic carbocycles. The summed E-state index contributed by atoms with van der Waals surface area (Å²) in [6, 6.07) is 1.59. The number of rotatable bonds is 5. The second-order valence-corrected chi connectivity index (χ2v) is 4.07. The molecule has 0 aromatic heterocycles. The molecule has 1 aromatic carbocycles. The lowest BCUT2D eigenvalue weighted by Crippen LogP contribution is -2.03. The molecule has 18 heavy (non-hydrogen) atoms. The largest absolute Gasteiger partial charge is 0.311 e. The number of nitro benzene ring substituents is 2. The molecule has 0 fully saturated rings. The molecule has 1 unspecified atom stereocenters. The van der Waals surface area contributed by atoms with Crippen molar-refractivity contribution in [3.63, 3.8) is 0 Å². The molecule has 0 aliphatic heterocycles. The first-order chi connectivity index (χ1) is 8.38. The Morgan fingerprint density at radius 2 is 1.78 bits per heavy atom. The smallest absolute Gasteiger partial charge is 0.258 e. The maximum Gasteiger partial charge on any atom is 0.311 e. The van der Waals surface area contributed by atoms with E-state index in [1.807, 2.05) is 6.92 Å². The third-order valence-electron chi connectivity index (χ3n) is 2.74. The van der Waals surface area contributed by atoms with Crippen LogP contribution >= 0.6 is 0 Å². The van der Waals surface area contributed by atoms with Gasteiger partial charge in [0, 0.05) is 5.56 Å². The fourth-order valence-electron chi connectivity index (χ4n) is 1.85. The van der Waals surface area contributed by atoms with Crippen LogP contribution in [0.3, 0.4) is 0 Å². The first-order valence-electron chi connectivity index (χ1n) is 5.50. The van der Waals surface area contributed by atoms with E-state index in [1.165, 1.54) is 0 Å². The number of nitrogens with zero attached hydrogens (tertiary/aromatic N) is 2. The van der Waals surface area contributed by atoms with Crippen molar-refractivity contribution in [2.24, 2.45) is 0 Å². The molecule has 0 radical (unpaired) electrons. The highest BCUT2D eigenvalue weighted by molar-refractivity contribution is 5.51. The van der Waals surface area contributed by atoms with Gasteiger partial charge in [0.1, 0.15) is 0 Å². The average Bonchev–Trinajstić information content (AvgIpc) is 2.27. The molecule has 0 saturated carbocycles. The summed E-state index contributed by atoms with van der Waals surface area (Å²) in [6.07, 6.45) is 1.44. The molecule has 0 heterocycles. The van der Waals surface area contributed by atoms with E-state index in [9.17, 15) is 24.6 Å². The molecular formula is C11H13FN2O4. The maximum absolute atomic E-state index is 13.5. The van der Waals surface area contributed by atoms with Crippen molar-refractivity contribution >= 4 is 11.4 Å². The van der Waals surface area contributed by atoms with Crippen LogP contribution in [0.5, 0.6) is 0 Å². The van der Waals surface area contributed by atoms with E-state index in [0.29, 0.717) is 12.5 Å². The van der Waals surface area contributed by atoms with Crippen LogP contribution in [0.1, 0.15) is 38.2 Å². The zero-order valence-electron chi connectivity index (χ0n) is 10.1. The first-order valence-corrected chi connectivity index (χ1v) is 5.50. The monoisotopic (exact) mass is 256 g/mol. The minimum atomic E-state index is -1.04. The maximum atomic E-state index is 13.5. The van der Waals surface area contributed by atoms with Crippen LogP contribution < -0.4 is 0 Å². The zero-order chi connectivity index (χ0) is 13.9. The van der Waals surface area contributed by atoms with Crippen molar-refractivity contribution < 1.29 is 14.2 Å². The Balaban J connectivity index is 3.38. The van der Waals surface area contributed by atoms with Crippen LogP contribution in [-0.2, 0) is 0 Å². The third-order valence-corrected chi connectivity index (χ3v) is 2.74. The summed E-state index contributed by atoms with van der Waals surface area (Å²) >= 11 is 0. The van der Waals surface area contributed by atoms with E-state index < -0.39 is 27.0 Å². The lowest BCUT2D eigenvalue weighted by Gasteiger charge is -2.11. The predicted octanol–water partition coefficient (Wildman–Crippen LogP) is 3.55. The Morgan fingerprint density at radius 3 is 2.22 bits per heavy atom. The second-order valence-electron chi connectivity index (χ2n) is 4.07. The van der Waals surface area contributed by atoms with Crippen LogP contribution in [0.4, 0.5) is 15.8 Å². The van der Waals surface area contributed by atoms with Gasteiger partial charge >= 0.3 is 5.69 Å². The minimum Gasteiger partial charge on any atom is -0.258 e. The summed E-state index contributed by atoms with van der Waals surface area (Å²) in [5.41, 5.74) is -1.07. The topological polar surface area (TPSA) is 86.3 Å². The van der Waals surface area contributed by atoms with Crippen LogP contribution in [0, 0.1) is 26.0 Å². The summed E-state index contributed by atoms with van der Waals surface area (Å²) in [4.78, 5) is 19.7. The predicted molar refractivity (Wildman–Crippen MR) is 63.0 cm³/mol. The van der Waals surface area contributed by atoms with E-state index in [1.54, 1.807) is 6.92 Å². The van der Waals surface area contributed by atoms with Crippen molar-refractivity contribution in [3.05, 3.63) is 43.7 Å². The van der Waals surface area contributed by atoms with Gasteiger partial charge in [-0.3, -0.25) is 20.2 Å². The van der Waals surface area contributed by atoms with E-state index in [4.69, 9.17) is 0 Å². The van der Waals surface area contributed by atoms with Crippen LogP contribution in [0.15, 0.2) is 12.1 Å². The Bertz CT molecular complexity index is 490. The summed E-state index contributed by atoms with van der Waals surface area (Å²) in [7, 11) is 0. The highest BCUT2D eigenvalue weighted by Crippen LogP contribution is 2.34. The van der Waals surface area contributed by atoms with Gasteiger partial charge in [0.15, 0.2) is 0 Å². The summed E-state index contributed by atoms with van der Waals surface area (Å²) in [5.74, 6) is -1.26. The summed E-state index contributed by atoms with van der Waals surface area (Å²) in [6.45, 7) is 3.64. The van der Waals surface area contributed by atoms with E-state index in [2.05, 4.69) is 0 Å². The molecule has 0 spiro atoms. The second kappa shape index (κ2) is 5.52. The summed E-state index contributed by atoms with van der Waals surface area (Å²) in [5, 5.41) is 21.4. The molecule has 7 heteroatoms. The van der Waals surface area contributed by atoms with Gasteiger partial charge in [-0.05, 0) is 18.4 Å². The van der Waals surface area contributed by atoms with Gasteiger partial charge in [-0.25, -0.2) is 0 Å². The third kappa shape index (κ3) is 2.79. The number of hydrogen-bond acceptors (Lipinski definition) is 4. The lowest BCUT2D eigenvalue weighted by molar-refractivity contribution is -0.396. The molecule has 1 rings (SSSR count). The Morgan fingerprint density at radius 1 is 1.22 bits per heavy atom. The van der Waals surface area contributed by atoms with Crippen LogP contribution in [-0.4, -0.2) is 9.85 Å². The van der Waals surface area contributed by atoms with Crippen molar-refractivity contribution in [2.45, 2.75) is 32.6 Å². The lowest BCUT2D eigenvalue weighted by atomic mass is 9.94. The summed E-state index contributed by atoms with van der Waals surface area (Å²) < 4.78 is 13.5. The van der Waals surface area contributed by atoms with Crippen LogP contribution in [0.25, 0.3) is 0 Å². The molecule has 1 atom stereocenters. The van der Waals surface area contributed by atoms with E-state index in [0.717, 1.165) is 12.5 Å². The Hall–Kier alpha value is -2.05. The fourth-order valence-corrected chi connectivity index (χ4v) is 1.85. The number of halogens is 1. The van der Waals surface area contributed by atoms with Crippen molar-refractivity contribution in [2.75, 3.05) is 0 Å². The number of benzene rings is 1. The van der Waals surface area contributed by atoms with Gasteiger partial charge in [0.2, 0.25) is 5.82 Å². The van der Waals surface area contributed by atoms with Gasteiger partial charge in [-0.1, -0.05) is 20.3 Å². The Kier molecular flexibility index (Phi) is 4.30. The minimum absolute atomic E-state index is 0.199. The average molecular weight is 256 g/mol. The van der Waals surface area contributed by atoms with E-state index in [-0.39, 0.29) is 11.5 Å². The van der Waals surface area contributed by atoms with Crippen LogP contribution in [0.2, 0.25) is 0 Å². The molecular weight excluding hydrogens is 243 g/mol. The van der Waals surface area contributed by atoms with Crippen molar-refractivity contribution in [3.8, 4) is 0 Å². The van der Waals surface area contributed by atoms with Gasteiger partial charge < -0.3 is 0 Å². The normalized spacial score (nSPS) is 12.2. The SMILES string of the molecule is CCCC(C)c1cc(F)c([N+](=O)[O-])cc1[N+](=O)[O-]. The molecule has 6 nitrogen and oxygen atoms in total. The molecule has 0 bridgehead atoms. The Labute approximate surface area is 103 Å². The van der Waals surface area contributed by atoms with Crippen molar-refractivity contribution in [1.82, 2.24) is 0 Å². The quantitative estimate of drug-likeness (QED) is 0.595. The molecule has 98 valence electrons. The number of hydrogen-bond donors (Lipinski definition) is 0. The highest BCUT2D eigenvalue weighted by Gasteiger charge is 2.26. The molecule has 1 aromatic rings. The molecule has 0 saturated heterocycles. The first kappa shape index (κ1) is 14.0. The number of nitro groups is 2. The standard InChI is InChI=1S/C11H13FN2O4/c1-3-4-7(2)8-5-9(12)11(14(17)18)6-10(8)13(15)16/h5-7H,3-4H2,1-2H3. The van der Waals surface area contributed by atoms with Gasteiger partial charge in [0.05, 0.1) is 15.9 Å². The van der Waals surface area contributed by atoms with Gasteiger partial charge in [-0.2, -0.15) is 4.39 Å². The zero-order valence-corrected chi connectivity index (χ0v) is 10.1. The van der Waals surface area contributed by atoms with E-state index >= 15 is 0 Å². The fraction of sp³-hybridized carbons (Fsp3) is 0.455. The molecule has 0 N–H and O–H groups in total. The molecule has 0 aliphatic rings. The van der Waals surface area contributed by atoms with Crippen molar-refractivity contribution in [1.29, 1.82) is 0 Å². The van der Waals surface area contributed by atoms with Gasteiger partial charge in [0.25, 0.3) is 5.69 Å². The highest BCUT2D eigenvalue weighted by atomic mass is 19.1. The van der Waals surface area contributed by atoms with Gasteiger partial charge in [-0.15, -0.1) is 0 Å².